The highest BCUT2D eigenvalue weighted by molar-refractivity contribution is 5.77. The van der Waals surface area contributed by atoms with Crippen molar-refractivity contribution in [2.45, 2.75) is 33.2 Å². The highest BCUT2D eigenvalue weighted by atomic mass is 16.1. The van der Waals surface area contributed by atoms with Crippen molar-refractivity contribution in [2.75, 3.05) is 13.1 Å². The number of carbonyl (C=O) groups is 1. The van der Waals surface area contributed by atoms with Gasteiger partial charge in [0.15, 0.2) is 0 Å². The molecule has 0 aliphatic heterocycles. The van der Waals surface area contributed by atoms with Crippen LogP contribution in [0.2, 0.25) is 0 Å². The molecule has 1 aromatic carbocycles. The summed E-state index contributed by atoms with van der Waals surface area (Å²) in [7, 11) is 0. The van der Waals surface area contributed by atoms with Crippen molar-refractivity contribution in [2.24, 2.45) is 5.92 Å². The van der Waals surface area contributed by atoms with E-state index in [0.717, 1.165) is 13.0 Å². The number of amides is 1. The van der Waals surface area contributed by atoms with Crippen LogP contribution in [0.15, 0.2) is 30.3 Å². The lowest BCUT2D eigenvalue weighted by Gasteiger charge is -2.14. The van der Waals surface area contributed by atoms with Crippen LogP contribution < -0.4 is 10.6 Å². The van der Waals surface area contributed by atoms with E-state index in [4.69, 9.17) is 0 Å². The van der Waals surface area contributed by atoms with Crippen LogP contribution in [0.3, 0.4) is 0 Å². The summed E-state index contributed by atoms with van der Waals surface area (Å²) in [6.45, 7) is 7.51. The molecule has 0 radical (unpaired) electrons. The van der Waals surface area contributed by atoms with Crippen molar-refractivity contribution < 1.29 is 4.79 Å². The van der Waals surface area contributed by atoms with Crippen LogP contribution in [0.1, 0.15) is 38.8 Å². The van der Waals surface area contributed by atoms with Gasteiger partial charge >= 0.3 is 0 Å². The third kappa shape index (κ3) is 5.82. The lowest BCUT2D eigenvalue weighted by Crippen LogP contribution is -2.35. The Bertz CT molecular complexity index is 349. The van der Waals surface area contributed by atoms with E-state index in [1.807, 2.05) is 18.2 Å². The van der Waals surface area contributed by atoms with E-state index in [9.17, 15) is 4.79 Å². The molecule has 0 aromatic heterocycles. The SMILES string of the molecule is CC(C)CCNC(=O)CN[C@@H](C)c1ccccc1. The molecule has 1 rings (SSSR count). The van der Waals surface area contributed by atoms with Crippen molar-refractivity contribution in [1.82, 2.24) is 10.6 Å². The fraction of sp³-hybridized carbons (Fsp3) is 0.533. The molecule has 18 heavy (non-hydrogen) atoms. The number of carbonyl (C=O) groups excluding carboxylic acids is 1. The number of nitrogens with one attached hydrogen (secondary N) is 2. The molecular formula is C15H24N2O. The zero-order valence-electron chi connectivity index (χ0n) is 11.6. The molecule has 1 aromatic rings. The molecule has 3 nitrogen and oxygen atoms in total. The number of hydrogen-bond acceptors (Lipinski definition) is 2. The first-order chi connectivity index (χ1) is 8.59. The molecule has 0 aliphatic carbocycles. The first kappa shape index (κ1) is 14.7. The number of benzene rings is 1. The topological polar surface area (TPSA) is 41.1 Å². The molecule has 100 valence electrons. The molecule has 0 bridgehead atoms. The van der Waals surface area contributed by atoms with Crippen molar-refractivity contribution in [3.8, 4) is 0 Å². The van der Waals surface area contributed by atoms with Gasteiger partial charge in [-0.1, -0.05) is 44.2 Å². The second-order valence-electron chi connectivity index (χ2n) is 5.05. The van der Waals surface area contributed by atoms with E-state index in [1.165, 1.54) is 5.56 Å². The van der Waals surface area contributed by atoms with E-state index in [1.54, 1.807) is 0 Å². The van der Waals surface area contributed by atoms with Crippen molar-refractivity contribution in [3.05, 3.63) is 35.9 Å². The second kappa shape index (κ2) is 7.88. The van der Waals surface area contributed by atoms with Crippen LogP contribution >= 0.6 is 0 Å². The Labute approximate surface area is 110 Å². The van der Waals surface area contributed by atoms with Gasteiger partial charge in [-0.15, -0.1) is 0 Å². The van der Waals surface area contributed by atoms with Gasteiger partial charge in [-0.2, -0.15) is 0 Å². The van der Waals surface area contributed by atoms with Crippen LogP contribution in [-0.2, 0) is 4.79 Å². The normalized spacial score (nSPS) is 12.4. The van der Waals surface area contributed by atoms with Gasteiger partial charge in [-0.25, -0.2) is 0 Å². The van der Waals surface area contributed by atoms with Crippen molar-refractivity contribution in [3.63, 3.8) is 0 Å². The molecule has 0 spiro atoms. The standard InChI is InChI=1S/C15H24N2O/c1-12(2)9-10-16-15(18)11-17-13(3)14-7-5-4-6-8-14/h4-8,12-13,17H,9-11H2,1-3H3,(H,16,18)/t13-/m0/s1. The molecule has 0 unspecified atom stereocenters. The minimum Gasteiger partial charge on any atom is -0.355 e. The monoisotopic (exact) mass is 248 g/mol. The number of hydrogen-bond donors (Lipinski definition) is 2. The largest absolute Gasteiger partial charge is 0.355 e. The Morgan fingerprint density at radius 1 is 1.17 bits per heavy atom. The summed E-state index contributed by atoms with van der Waals surface area (Å²) in [6.07, 6.45) is 1.03. The van der Waals surface area contributed by atoms with Gasteiger partial charge in [0.1, 0.15) is 0 Å². The van der Waals surface area contributed by atoms with E-state index in [-0.39, 0.29) is 11.9 Å². The summed E-state index contributed by atoms with van der Waals surface area (Å²) >= 11 is 0. The molecule has 0 heterocycles. The summed E-state index contributed by atoms with van der Waals surface area (Å²) in [5.41, 5.74) is 1.20. The minimum absolute atomic E-state index is 0.0680. The molecule has 2 N–H and O–H groups in total. The van der Waals surface area contributed by atoms with E-state index in [0.29, 0.717) is 12.5 Å². The van der Waals surface area contributed by atoms with Gasteiger partial charge in [0.25, 0.3) is 0 Å². The smallest absolute Gasteiger partial charge is 0.233 e. The highest BCUT2D eigenvalue weighted by Crippen LogP contribution is 2.10. The van der Waals surface area contributed by atoms with Crippen LogP contribution in [0.5, 0.6) is 0 Å². The summed E-state index contributed by atoms with van der Waals surface area (Å²) in [6, 6.07) is 10.3. The van der Waals surface area contributed by atoms with Gasteiger partial charge in [0, 0.05) is 12.6 Å². The predicted octanol–water partition coefficient (Wildman–Crippen LogP) is 2.50. The van der Waals surface area contributed by atoms with E-state index in [2.05, 4.69) is 43.5 Å². The maximum absolute atomic E-state index is 11.6. The van der Waals surface area contributed by atoms with Gasteiger partial charge in [0.2, 0.25) is 5.91 Å². The van der Waals surface area contributed by atoms with Crippen LogP contribution in [0, 0.1) is 5.92 Å². The Hall–Kier alpha value is -1.35. The lowest BCUT2D eigenvalue weighted by atomic mass is 10.1. The van der Waals surface area contributed by atoms with Gasteiger partial charge < -0.3 is 10.6 Å². The van der Waals surface area contributed by atoms with Crippen LogP contribution in [0.25, 0.3) is 0 Å². The van der Waals surface area contributed by atoms with Gasteiger partial charge in [-0.3, -0.25) is 4.79 Å². The Balaban J connectivity index is 2.22. The van der Waals surface area contributed by atoms with Crippen LogP contribution in [0.4, 0.5) is 0 Å². The average Bonchev–Trinajstić information content (AvgIpc) is 2.36. The van der Waals surface area contributed by atoms with Crippen molar-refractivity contribution in [1.29, 1.82) is 0 Å². The Morgan fingerprint density at radius 2 is 1.83 bits per heavy atom. The quantitative estimate of drug-likeness (QED) is 0.778. The van der Waals surface area contributed by atoms with Gasteiger partial charge in [0.05, 0.1) is 6.54 Å². The summed E-state index contributed by atoms with van der Waals surface area (Å²) in [5, 5.41) is 6.14. The third-order valence-corrected chi connectivity index (χ3v) is 2.91. The first-order valence-electron chi connectivity index (χ1n) is 6.64. The number of rotatable bonds is 7. The zero-order valence-corrected chi connectivity index (χ0v) is 11.6. The fourth-order valence-corrected chi connectivity index (χ4v) is 1.67. The predicted molar refractivity (Wildman–Crippen MR) is 75.3 cm³/mol. The Morgan fingerprint density at radius 3 is 2.44 bits per heavy atom. The third-order valence-electron chi connectivity index (χ3n) is 2.91. The van der Waals surface area contributed by atoms with E-state index < -0.39 is 0 Å². The average molecular weight is 248 g/mol. The van der Waals surface area contributed by atoms with Crippen molar-refractivity contribution >= 4 is 5.91 Å². The molecule has 0 fully saturated rings. The minimum atomic E-state index is 0.0680. The zero-order chi connectivity index (χ0) is 13.4. The molecule has 0 aliphatic rings. The summed E-state index contributed by atoms with van der Waals surface area (Å²) in [5.74, 6) is 0.694. The maximum atomic E-state index is 11.6. The van der Waals surface area contributed by atoms with Gasteiger partial charge in [-0.05, 0) is 24.8 Å². The van der Waals surface area contributed by atoms with E-state index >= 15 is 0 Å². The first-order valence-corrected chi connectivity index (χ1v) is 6.64. The van der Waals surface area contributed by atoms with Crippen LogP contribution in [-0.4, -0.2) is 19.0 Å². The molecule has 3 heteroatoms. The molecule has 0 saturated heterocycles. The molecule has 1 atom stereocenters. The molecule has 1 amide bonds. The summed E-state index contributed by atoms with van der Waals surface area (Å²) in [4.78, 5) is 11.6. The molecular weight excluding hydrogens is 224 g/mol. The summed E-state index contributed by atoms with van der Waals surface area (Å²) < 4.78 is 0. The highest BCUT2D eigenvalue weighted by Gasteiger charge is 2.06. The molecule has 0 saturated carbocycles. The fourth-order valence-electron chi connectivity index (χ4n) is 1.67. The maximum Gasteiger partial charge on any atom is 0.233 e. The Kier molecular flexibility index (Phi) is 6.44. The second-order valence-corrected chi connectivity index (χ2v) is 5.05. The lowest BCUT2D eigenvalue weighted by molar-refractivity contribution is -0.120.